The monoisotopic (exact) mass is 283 g/mol. The van der Waals surface area contributed by atoms with Crippen molar-refractivity contribution in [3.63, 3.8) is 0 Å². The summed E-state index contributed by atoms with van der Waals surface area (Å²) in [6, 6.07) is 5.23. The van der Waals surface area contributed by atoms with Gasteiger partial charge in [0.1, 0.15) is 5.82 Å². The Morgan fingerprint density at radius 3 is 2.79 bits per heavy atom. The van der Waals surface area contributed by atoms with Crippen molar-refractivity contribution >= 4 is 17.5 Å². The van der Waals surface area contributed by atoms with Crippen molar-refractivity contribution in [2.45, 2.75) is 38.6 Å². The second kappa shape index (κ2) is 6.38. The first kappa shape index (κ1) is 14.3. The maximum Gasteiger partial charge on any atom is 0.257 e. The average Bonchev–Trinajstić information content (AvgIpc) is 2.34. The molecule has 1 aliphatic carbocycles. The highest BCUT2D eigenvalue weighted by Gasteiger charge is 2.30. The van der Waals surface area contributed by atoms with Crippen LogP contribution in [0.25, 0.3) is 0 Å². The molecule has 0 radical (unpaired) electrons. The Labute approximate surface area is 118 Å². The minimum atomic E-state index is -0.400. The molecule has 1 amide bonds. The van der Waals surface area contributed by atoms with Gasteiger partial charge in [0.15, 0.2) is 0 Å². The van der Waals surface area contributed by atoms with Gasteiger partial charge in [-0.15, -0.1) is 11.6 Å². The fourth-order valence-electron chi connectivity index (χ4n) is 2.35. The van der Waals surface area contributed by atoms with Crippen molar-refractivity contribution in [3.05, 3.63) is 35.1 Å². The van der Waals surface area contributed by atoms with Crippen LogP contribution in [0, 0.1) is 12.7 Å². The van der Waals surface area contributed by atoms with Gasteiger partial charge < -0.3 is 4.90 Å². The smallest absolute Gasteiger partial charge is 0.257 e. The van der Waals surface area contributed by atoms with Crippen molar-refractivity contribution in [1.82, 2.24) is 4.90 Å². The maximum atomic E-state index is 14.0. The Hall–Kier alpha value is -1.09. The second-order valence-corrected chi connectivity index (χ2v) is 5.44. The lowest BCUT2D eigenvalue weighted by Gasteiger charge is -2.37. The van der Waals surface area contributed by atoms with E-state index >= 15 is 0 Å². The molecule has 1 aromatic rings. The minimum Gasteiger partial charge on any atom is -0.336 e. The molecule has 0 N–H and O–H groups in total. The van der Waals surface area contributed by atoms with Crippen LogP contribution in [0.2, 0.25) is 0 Å². The highest BCUT2D eigenvalue weighted by Crippen LogP contribution is 2.27. The van der Waals surface area contributed by atoms with Crippen LogP contribution in [-0.4, -0.2) is 29.3 Å². The molecule has 0 atom stereocenters. The molecule has 1 fully saturated rings. The van der Waals surface area contributed by atoms with Crippen LogP contribution >= 0.6 is 11.6 Å². The van der Waals surface area contributed by atoms with E-state index in [4.69, 9.17) is 11.6 Å². The molecule has 0 aromatic heterocycles. The third-order valence-corrected chi connectivity index (χ3v) is 4.00. The number of benzene rings is 1. The summed E-state index contributed by atoms with van der Waals surface area (Å²) in [7, 11) is 0. The van der Waals surface area contributed by atoms with Crippen molar-refractivity contribution in [2.24, 2.45) is 0 Å². The van der Waals surface area contributed by atoms with Crippen LogP contribution in [-0.2, 0) is 0 Å². The lowest BCUT2D eigenvalue weighted by Crippen LogP contribution is -2.45. The van der Waals surface area contributed by atoms with Crippen molar-refractivity contribution in [2.75, 3.05) is 12.4 Å². The molecule has 0 aliphatic heterocycles. The predicted octanol–water partition coefficient (Wildman–Crippen LogP) is 3.76. The number of aryl methyl sites for hydroxylation is 1. The van der Waals surface area contributed by atoms with Crippen molar-refractivity contribution in [3.8, 4) is 0 Å². The molecule has 4 heteroatoms. The van der Waals surface area contributed by atoms with Gasteiger partial charge in [-0.05, 0) is 44.2 Å². The van der Waals surface area contributed by atoms with E-state index in [1.165, 1.54) is 0 Å². The standard InChI is InChI=1S/C15H19ClFNO/c1-11-5-2-8-13(14(11)17)15(19)18(10-4-9-16)12-6-3-7-12/h2,5,8,12H,3-4,6-7,9-10H2,1H3. The van der Waals surface area contributed by atoms with Gasteiger partial charge in [-0.3, -0.25) is 4.79 Å². The summed E-state index contributed by atoms with van der Waals surface area (Å²) in [5.74, 6) is -0.0778. The van der Waals surface area contributed by atoms with Crippen LogP contribution in [0.1, 0.15) is 41.6 Å². The Morgan fingerprint density at radius 1 is 1.47 bits per heavy atom. The third-order valence-electron chi connectivity index (χ3n) is 3.73. The van der Waals surface area contributed by atoms with Crippen LogP contribution < -0.4 is 0 Å². The Morgan fingerprint density at radius 2 is 2.21 bits per heavy atom. The number of alkyl halides is 1. The number of rotatable bonds is 5. The molecule has 1 aliphatic rings. The summed E-state index contributed by atoms with van der Waals surface area (Å²) < 4.78 is 14.0. The predicted molar refractivity (Wildman–Crippen MR) is 75.1 cm³/mol. The molecule has 1 aromatic carbocycles. The normalized spacial score (nSPS) is 15.1. The minimum absolute atomic E-state index is 0.182. The molecule has 1 saturated carbocycles. The van der Waals surface area contributed by atoms with Gasteiger partial charge in [0, 0.05) is 18.5 Å². The molecule has 0 saturated heterocycles. The summed E-state index contributed by atoms with van der Waals surface area (Å²) in [6.45, 7) is 2.29. The number of nitrogens with zero attached hydrogens (tertiary/aromatic N) is 1. The van der Waals surface area contributed by atoms with E-state index < -0.39 is 5.82 Å². The van der Waals surface area contributed by atoms with E-state index in [9.17, 15) is 9.18 Å². The molecule has 19 heavy (non-hydrogen) atoms. The SMILES string of the molecule is Cc1cccc(C(=O)N(CCCCl)C2CCC2)c1F. The zero-order valence-electron chi connectivity index (χ0n) is 11.2. The van der Waals surface area contributed by atoms with Gasteiger partial charge in [-0.2, -0.15) is 0 Å². The van der Waals surface area contributed by atoms with Gasteiger partial charge in [0.25, 0.3) is 5.91 Å². The van der Waals surface area contributed by atoms with Crippen LogP contribution in [0.3, 0.4) is 0 Å². The molecule has 2 nitrogen and oxygen atoms in total. The van der Waals surface area contributed by atoms with Crippen LogP contribution in [0.4, 0.5) is 4.39 Å². The summed E-state index contributed by atoms with van der Waals surface area (Å²) in [5, 5.41) is 0. The Bertz CT molecular complexity index is 459. The average molecular weight is 284 g/mol. The van der Waals surface area contributed by atoms with E-state index in [-0.39, 0.29) is 17.5 Å². The zero-order chi connectivity index (χ0) is 13.8. The van der Waals surface area contributed by atoms with Gasteiger partial charge in [-0.1, -0.05) is 12.1 Å². The van der Waals surface area contributed by atoms with Gasteiger partial charge in [0.05, 0.1) is 5.56 Å². The molecule has 0 bridgehead atoms. The molecule has 0 unspecified atom stereocenters. The summed E-state index contributed by atoms with van der Waals surface area (Å²) in [6.07, 6.45) is 3.92. The van der Waals surface area contributed by atoms with E-state index in [1.54, 1.807) is 30.0 Å². The largest absolute Gasteiger partial charge is 0.336 e. The number of hydrogen-bond acceptors (Lipinski definition) is 1. The first-order chi connectivity index (χ1) is 9.15. The number of carbonyl (C=O) groups is 1. The molecule has 104 valence electrons. The lowest BCUT2D eigenvalue weighted by atomic mass is 9.90. The molecule has 0 heterocycles. The fourth-order valence-corrected chi connectivity index (χ4v) is 2.47. The van der Waals surface area contributed by atoms with Gasteiger partial charge in [0.2, 0.25) is 0 Å². The maximum absolute atomic E-state index is 14.0. The quantitative estimate of drug-likeness (QED) is 0.754. The van der Waals surface area contributed by atoms with Gasteiger partial charge >= 0.3 is 0 Å². The van der Waals surface area contributed by atoms with Gasteiger partial charge in [-0.25, -0.2) is 4.39 Å². The molecule has 0 spiro atoms. The Balaban J connectivity index is 2.20. The first-order valence-corrected chi connectivity index (χ1v) is 7.30. The summed E-state index contributed by atoms with van der Waals surface area (Å²) in [5.41, 5.74) is 0.693. The fraction of sp³-hybridized carbons (Fsp3) is 0.533. The van der Waals surface area contributed by atoms with Crippen molar-refractivity contribution < 1.29 is 9.18 Å². The van der Waals surface area contributed by atoms with E-state index in [0.717, 1.165) is 25.7 Å². The molecule has 2 rings (SSSR count). The van der Waals surface area contributed by atoms with E-state index in [2.05, 4.69) is 0 Å². The van der Waals surface area contributed by atoms with E-state index in [1.807, 2.05) is 0 Å². The van der Waals surface area contributed by atoms with Crippen LogP contribution in [0.5, 0.6) is 0 Å². The number of amides is 1. The lowest BCUT2D eigenvalue weighted by molar-refractivity contribution is 0.0576. The number of hydrogen-bond donors (Lipinski definition) is 0. The third kappa shape index (κ3) is 3.08. The highest BCUT2D eigenvalue weighted by molar-refractivity contribution is 6.17. The molecular formula is C15H19ClFNO. The second-order valence-electron chi connectivity index (χ2n) is 5.06. The first-order valence-electron chi connectivity index (χ1n) is 6.77. The molecular weight excluding hydrogens is 265 g/mol. The number of carbonyl (C=O) groups excluding carboxylic acids is 1. The summed E-state index contributed by atoms with van der Waals surface area (Å²) >= 11 is 5.71. The Kier molecular flexibility index (Phi) is 4.81. The number of halogens is 2. The van der Waals surface area contributed by atoms with Crippen LogP contribution in [0.15, 0.2) is 18.2 Å². The van der Waals surface area contributed by atoms with E-state index in [0.29, 0.717) is 18.0 Å². The zero-order valence-corrected chi connectivity index (χ0v) is 11.9. The van der Waals surface area contributed by atoms with Crippen molar-refractivity contribution in [1.29, 1.82) is 0 Å². The topological polar surface area (TPSA) is 20.3 Å². The summed E-state index contributed by atoms with van der Waals surface area (Å²) in [4.78, 5) is 14.3. The highest BCUT2D eigenvalue weighted by atomic mass is 35.5.